The van der Waals surface area contributed by atoms with Gasteiger partial charge >= 0.3 is 5.63 Å². The van der Waals surface area contributed by atoms with E-state index >= 15 is 0 Å². The number of phenolic OH excluding ortho intramolecular Hbond substituents is 1. The lowest BCUT2D eigenvalue weighted by molar-refractivity contribution is 0.369. The van der Waals surface area contributed by atoms with Gasteiger partial charge in [0.1, 0.15) is 5.69 Å². The average Bonchev–Trinajstić information content (AvgIpc) is 2.98. The van der Waals surface area contributed by atoms with Crippen molar-refractivity contribution in [1.82, 2.24) is 0 Å². The van der Waals surface area contributed by atoms with Crippen LogP contribution in [0.1, 0.15) is 0 Å². The summed E-state index contributed by atoms with van der Waals surface area (Å²) < 4.78 is 10.6. The van der Waals surface area contributed by atoms with Crippen LogP contribution in [0.15, 0.2) is 56.6 Å². The summed E-state index contributed by atoms with van der Waals surface area (Å²) in [6.45, 7) is 0. The average molecular weight is 327 g/mol. The number of benzene rings is 2. The van der Waals surface area contributed by atoms with Crippen molar-refractivity contribution in [3.63, 3.8) is 0 Å². The zero-order valence-corrected chi connectivity index (χ0v) is 13.1. The number of hydrogen-bond donors (Lipinski definition) is 1. The molecular weight excluding hydrogens is 314 g/mol. The number of ether oxygens (including phenoxy) is 1. The summed E-state index contributed by atoms with van der Waals surface area (Å²) in [6.07, 6.45) is 0. The molecule has 0 saturated heterocycles. The Bertz CT molecular complexity index is 966. The SMILES string of the molecule is COc1c(O)ccc2cc(N3CSc4ccccc43)c(=O)oc12. The third-order valence-electron chi connectivity index (χ3n) is 3.82. The highest BCUT2D eigenvalue weighted by atomic mass is 32.2. The Morgan fingerprint density at radius 3 is 2.87 bits per heavy atom. The number of anilines is 2. The minimum absolute atomic E-state index is 0.0574. The van der Waals surface area contributed by atoms with Crippen molar-refractivity contribution in [2.75, 3.05) is 17.9 Å². The van der Waals surface area contributed by atoms with E-state index in [9.17, 15) is 9.90 Å². The maximum Gasteiger partial charge on any atom is 0.360 e. The molecule has 5 nitrogen and oxygen atoms in total. The lowest BCUT2D eigenvalue weighted by Gasteiger charge is -2.17. The summed E-state index contributed by atoms with van der Waals surface area (Å²) in [5.74, 6) is 0.769. The van der Waals surface area contributed by atoms with Crippen LogP contribution in [0.3, 0.4) is 0 Å². The van der Waals surface area contributed by atoms with E-state index < -0.39 is 5.63 Å². The highest BCUT2D eigenvalue weighted by Gasteiger charge is 2.24. The molecule has 1 aliphatic heterocycles. The van der Waals surface area contributed by atoms with Crippen LogP contribution in [0.25, 0.3) is 11.0 Å². The first kappa shape index (κ1) is 14.0. The number of phenols is 1. The van der Waals surface area contributed by atoms with Gasteiger partial charge in [-0.25, -0.2) is 4.79 Å². The van der Waals surface area contributed by atoms with Crippen LogP contribution < -0.4 is 15.3 Å². The number of nitrogens with zero attached hydrogens (tertiary/aromatic N) is 1. The molecule has 2 aromatic carbocycles. The Morgan fingerprint density at radius 2 is 2.04 bits per heavy atom. The van der Waals surface area contributed by atoms with Crippen molar-refractivity contribution in [2.24, 2.45) is 0 Å². The number of aromatic hydroxyl groups is 1. The first-order chi connectivity index (χ1) is 11.2. The van der Waals surface area contributed by atoms with Crippen LogP contribution in [0.2, 0.25) is 0 Å². The van der Waals surface area contributed by atoms with E-state index in [0.717, 1.165) is 10.6 Å². The van der Waals surface area contributed by atoms with E-state index in [0.29, 0.717) is 17.0 Å². The summed E-state index contributed by atoms with van der Waals surface area (Å²) in [7, 11) is 1.43. The van der Waals surface area contributed by atoms with Crippen molar-refractivity contribution >= 4 is 34.1 Å². The number of thioether (sulfide) groups is 1. The quantitative estimate of drug-likeness (QED) is 0.724. The Morgan fingerprint density at radius 1 is 1.22 bits per heavy atom. The third-order valence-corrected chi connectivity index (χ3v) is 4.86. The molecule has 0 fully saturated rings. The maximum absolute atomic E-state index is 12.5. The van der Waals surface area contributed by atoms with Crippen LogP contribution in [0, 0.1) is 0 Å². The summed E-state index contributed by atoms with van der Waals surface area (Å²) in [5, 5.41) is 10.5. The topological polar surface area (TPSA) is 62.9 Å². The molecule has 6 heteroatoms. The van der Waals surface area contributed by atoms with Gasteiger partial charge in [0.25, 0.3) is 0 Å². The van der Waals surface area contributed by atoms with Gasteiger partial charge in [0, 0.05) is 10.3 Å². The largest absolute Gasteiger partial charge is 0.504 e. The number of methoxy groups -OCH3 is 1. The lowest BCUT2D eigenvalue weighted by atomic mass is 10.2. The standard InChI is InChI=1S/C17H13NO4S/c1-21-16-13(19)7-6-10-8-12(17(20)22-15(10)16)18-9-23-14-5-3-2-4-11(14)18/h2-8,19H,9H2,1H3. The van der Waals surface area contributed by atoms with Crippen LogP contribution >= 0.6 is 11.8 Å². The molecule has 0 amide bonds. The molecule has 0 saturated carbocycles. The van der Waals surface area contributed by atoms with E-state index in [2.05, 4.69) is 0 Å². The van der Waals surface area contributed by atoms with Crippen LogP contribution in [-0.4, -0.2) is 18.1 Å². The normalized spacial score (nSPS) is 13.3. The molecule has 0 atom stereocenters. The van der Waals surface area contributed by atoms with Gasteiger partial charge < -0.3 is 19.2 Å². The highest BCUT2D eigenvalue weighted by Crippen LogP contribution is 2.42. The molecule has 0 aliphatic carbocycles. The number of para-hydroxylation sites is 1. The van der Waals surface area contributed by atoms with Gasteiger partial charge in [0.05, 0.1) is 18.7 Å². The Hall–Kier alpha value is -2.60. The highest BCUT2D eigenvalue weighted by molar-refractivity contribution is 7.99. The third kappa shape index (κ3) is 2.14. The minimum Gasteiger partial charge on any atom is -0.504 e. The van der Waals surface area contributed by atoms with Crippen molar-refractivity contribution in [1.29, 1.82) is 0 Å². The summed E-state index contributed by atoms with van der Waals surface area (Å²) in [6, 6.07) is 12.9. The molecule has 3 aromatic rings. The zero-order valence-electron chi connectivity index (χ0n) is 12.3. The van der Waals surface area contributed by atoms with Crippen molar-refractivity contribution in [3.05, 3.63) is 52.9 Å². The Labute approximate surface area is 136 Å². The molecule has 1 aliphatic rings. The van der Waals surface area contributed by atoms with Gasteiger partial charge in [-0.05, 0) is 30.3 Å². The fraction of sp³-hybridized carbons (Fsp3) is 0.118. The second-order valence-electron chi connectivity index (χ2n) is 5.12. The summed E-state index contributed by atoms with van der Waals surface area (Å²) >= 11 is 1.68. The molecule has 0 unspecified atom stereocenters. The molecule has 2 heterocycles. The summed E-state index contributed by atoms with van der Waals surface area (Å²) in [5.41, 5.74) is 1.26. The molecular formula is C17H13NO4S. The van der Waals surface area contributed by atoms with Gasteiger partial charge in [0.15, 0.2) is 11.3 Å². The van der Waals surface area contributed by atoms with Crippen molar-refractivity contribution in [2.45, 2.75) is 4.90 Å². The van der Waals surface area contributed by atoms with Crippen LogP contribution in [-0.2, 0) is 0 Å². The number of hydrogen-bond acceptors (Lipinski definition) is 6. The Balaban J connectivity index is 1.92. The van der Waals surface area contributed by atoms with Gasteiger partial charge in [-0.3, -0.25) is 0 Å². The lowest BCUT2D eigenvalue weighted by Crippen LogP contribution is -2.19. The number of fused-ring (bicyclic) bond motifs is 2. The molecule has 0 radical (unpaired) electrons. The molecule has 0 bridgehead atoms. The van der Waals surface area contributed by atoms with Gasteiger partial charge in [-0.1, -0.05) is 12.1 Å². The van der Waals surface area contributed by atoms with Crippen molar-refractivity contribution < 1.29 is 14.3 Å². The van der Waals surface area contributed by atoms with E-state index in [1.807, 2.05) is 29.2 Å². The predicted molar refractivity (Wildman–Crippen MR) is 90.0 cm³/mol. The fourth-order valence-corrected chi connectivity index (χ4v) is 3.78. The minimum atomic E-state index is -0.460. The predicted octanol–water partition coefficient (Wildman–Crippen LogP) is 3.71. The van der Waals surface area contributed by atoms with Crippen LogP contribution in [0.4, 0.5) is 11.4 Å². The maximum atomic E-state index is 12.5. The zero-order chi connectivity index (χ0) is 16.0. The monoisotopic (exact) mass is 327 g/mol. The second kappa shape index (κ2) is 5.24. The molecule has 116 valence electrons. The van der Waals surface area contributed by atoms with E-state index in [1.54, 1.807) is 23.9 Å². The van der Waals surface area contributed by atoms with E-state index in [4.69, 9.17) is 9.15 Å². The molecule has 1 aromatic heterocycles. The first-order valence-electron chi connectivity index (χ1n) is 7.02. The van der Waals surface area contributed by atoms with E-state index in [-0.39, 0.29) is 17.1 Å². The van der Waals surface area contributed by atoms with Crippen LogP contribution in [0.5, 0.6) is 11.5 Å². The number of rotatable bonds is 2. The molecule has 1 N–H and O–H groups in total. The second-order valence-corrected chi connectivity index (χ2v) is 6.11. The van der Waals surface area contributed by atoms with Gasteiger partial charge in [-0.2, -0.15) is 0 Å². The smallest absolute Gasteiger partial charge is 0.360 e. The Kier molecular flexibility index (Phi) is 3.20. The molecule has 23 heavy (non-hydrogen) atoms. The molecule has 0 spiro atoms. The van der Waals surface area contributed by atoms with E-state index in [1.165, 1.54) is 13.2 Å². The fourth-order valence-electron chi connectivity index (χ4n) is 2.73. The van der Waals surface area contributed by atoms with Gasteiger partial charge in [-0.15, -0.1) is 11.8 Å². The molecule has 4 rings (SSSR count). The first-order valence-corrected chi connectivity index (χ1v) is 8.01. The summed E-state index contributed by atoms with van der Waals surface area (Å²) in [4.78, 5) is 15.5. The van der Waals surface area contributed by atoms with Crippen molar-refractivity contribution in [3.8, 4) is 11.5 Å². The van der Waals surface area contributed by atoms with Gasteiger partial charge in [0.2, 0.25) is 5.75 Å².